The Hall–Kier alpha value is -4.64. The predicted molar refractivity (Wildman–Crippen MR) is 280 cm³/mol. The van der Waals surface area contributed by atoms with Gasteiger partial charge in [-0.2, -0.15) is 0 Å². The number of carbonyl (C=O) groups excluding carboxylic acids is 2. The monoisotopic (exact) mass is 1110 g/mol. The molecule has 2 aliphatic carbocycles. The van der Waals surface area contributed by atoms with E-state index in [2.05, 4.69) is 87.6 Å². The molecule has 0 unspecified atom stereocenters. The Morgan fingerprint density at radius 2 is 1.16 bits per heavy atom. The molecule has 16 heteroatoms. The Morgan fingerprint density at radius 1 is 0.667 bits per heavy atom. The first-order valence-corrected chi connectivity index (χ1v) is 33.4. The van der Waals surface area contributed by atoms with Gasteiger partial charge in [-0.25, -0.2) is 9.97 Å². The van der Waals surface area contributed by atoms with Crippen molar-refractivity contribution < 1.29 is 19.1 Å². The van der Waals surface area contributed by atoms with E-state index in [1.54, 1.807) is 18.6 Å². The van der Waals surface area contributed by atoms with Gasteiger partial charge in [-0.05, 0) is 63.8 Å². The number of halogens is 1. The molecule has 0 radical (unpaired) electrons. The van der Waals surface area contributed by atoms with Gasteiger partial charge in [0.15, 0.2) is 0 Å². The van der Waals surface area contributed by atoms with Crippen molar-refractivity contribution in [1.29, 1.82) is 0 Å². The first-order chi connectivity index (χ1) is 33.1. The van der Waals surface area contributed by atoms with Crippen LogP contribution < -0.4 is 23.8 Å². The fourth-order valence-electron chi connectivity index (χ4n) is 9.66. The van der Waals surface area contributed by atoms with Crippen LogP contribution in [0.25, 0.3) is 33.3 Å². The number of nitrogens with one attached hydrogen (secondary N) is 2. The van der Waals surface area contributed by atoms with Crippen LogP contribution in [0.4, 0.5) is 0 Å². The van der Waals surface area contributed by atoms with E-state index < -0.39 is 18.4 Å². The third-order valence-corrected chi connectivity index (χ3v) is 29.6. The fourth-order valence-corrected chi connectivity index (χ4v) is 25.2. The Bertz CT molecular complexity index is 2580. The van der Waals surface area contributed by atoms with Crippen LogP contribution >= 0.6 is 15.9 Å². The molecule has 6 aromatic rings. The molecule has 4 atom stereocenters. The zero-order chi connectivity index (χ0) is 47.6. The van der Waals surface area contributed by atoms with Gasteiger partial charge in [0, 0.05) is 72.3 Å². The summed E-state index contributed by atoms with van der Waals surface area (Å²) in [5, 5.41) is 5.76. The third kappa shape index (κ3) is 13.2. The molecule has 0 spiro atoms. The Balaban J connectivity index is 0.000000155. The van der Waals surface area contributed by atoms with E-state index in [0.717, 1.165) is 49.3 Å². The number of ether oxygens (including phenoxy) is 2. The molecule has 69 heavy (non-hydrogen) atoms. The van der Waals surface area contributed by atoms with Crippen molar-refractivity contribution in [2.45, 2.75) is 157 Å². The van der Waals surface area contributed by atoms with Crippen LogP contribution in [0.15, 0.2) is 78.6 Å². The summed E-state index contributed by atoms with van der Waals surface area (Å²) in [5.41, 5.74) is 5.65. The van der Waals surface area contributed by atoms with Gasteiger partial charge in [0.05, 0.1) is 35.6 Å². The third-order valence-electron chi connectivity index (χ3n) is 14.1. The van der Waals surface area contributed by atoms with Gasteiger partial charge in [-0.1, -0.05) is 23.4 Å². The molecule has 10 rings (SSSR count). The van der Waals surface area contributed by atoms with Crippen LogP contribution in [0.5, 0.6) is 11.5 Å². The number of nitrogens with zero attached hydrogens (tertiary/aromatic N) is 8. The largest absolute Gasteiger partial charge is 0.488 e. The average molecular weight is 1110 g/mol. The van der Waals surface area contributed by atoms with Gasteiger partial charge in [-0.3, -0.25) is 19.6 Å². The molecule has 2 saturated heterocycles. The van der Waals surface area contributed by atoms with Gasteiger partial charge in [0.2, 0.25) is 11.8 Å². The summed E-state index contributed by atoms with van der Waals surface area (Å²) in [6.45, 7) is 12.4. The van der Waals surface area contributed by atoms with Crippen LogP contribution in [0.3, 0.4) is 0 Å². The van der Waals surface area contributed by atoms with Gasteiger partial charge in [-0.15, -0.1) is 0 Å². The molecule has 2 N–H and O–H groups in total. The Labute approximate surface area is 421 Å². The smallest absolute Gasteiger partial charge is 0.220 e. The normalized spacial score (nSPS) is 18.6. The average Bonchev–Trinajstić information content (AvgIpc) is 4.18. The minimum atomic E-state index is -2.27. The van der Waals surface area contributed by atoms with Crippen molar-refractivity contribution >= 4 is 71.9 Å². The second kappa shape index (κ2) is 24.5. The first-order valence-electron chi connectivity index (χ1n) is 25.2. The minimum absolute atomic E-state index is 0. The summed E-state index contributed by atoms with van der Waals surface area (Å²) in [7, 11) is 0. The van der Waals surface area contributed by atoms with Crippen molar-refractivity contribution in [2.24, 2.45) is 11.8 Å². The van der Waals surface area contributed by atoms with Crippen molar-refractivity contribution in [3.8, 4) is 22.8 Å². The van der Waals surface area contributed by atoms with Gasteiger partial charge in [0.1, 0.15) is 34.7 Å². The molecular weight excluding hydrogens is 1040 g/mol. The topological polar surface area (TPSA) is 164 Å². The number of rotatable bonds is 19. The molecular formula is C53H73BrN10O4Sn. The van der Waals surface area contributed by atoms with Crippen LogP contribution in [-0.4, -0.2) is 94.5 Å². The molecule has 2 aliphatic heterocycles. The van der Waals surface area contributed by atoms with Crippen molar-refractivity contribution in [3.05, 3.63) is 78.6 Å². The molecule has 0 bridgehead atoms. The SMILES string of the molecule is C.CCC[CH2][Sn]([CH2]CCC)([CH2]CCC)[c]1cnccn1.C[C@@H](Oc1cc(-c2cnccn2)cc2ncn(C3CC3)c12)[C@H]1CNC(=O)C1.C[C@@H](Oc1cc(Br)cc2ncn(C3CC3)c12)[C@H]1CNC(=O)C1. The van der Waals surface area contributed by atoms with Gasteiger partial charge < -0.3 is 29.2 Å². The Morgan fingerprint density at radius 3 is 1.59 bits per heavy atom. The van der Waals surface area contributed by atoms with Crippen LogP contribution in [-0.2, 0) is 9.59 Å². The standard InChI is InChI=1S/C20H21N5O2.C16H18BrN3O2.C4H3N2.3C4H9.CH4.Sn/c1-12(14-8-19(26)23-9-14)27-18-7-13(17-10-21-4-5-22-17)6-16-20(18)25(11-24-16)15-2-3-15;1-9(10-4-15(21)18-7-10)22-14-6-11(17)5-13-16(14)20(8-19-13)12-2-3-12;1-2-6-4-3-5-1;3*1-3-4-2;;/h4-7,10-12,14-15H,2-3,8-9H2,1H3,(H,23,26);5-6,8-10,12H,2-4,7H2,1H3,(H,18,21);1-3H;3*1,3-4H2,2H3;1H4;/t12-,14-;9-,10-;;;;;;/m11....../s1. The number of unbranched alkanes of at least 4 members (excludes halogenated alkanes) is 3. The molecule has 2 amide bonds. The van der Waals surface area contributed by atoms with Crippen molar-refractivity contribution in [1.82, 2.24) is 49.7 Å². The predicted octanol–water partition coefficient (Wildman–Crippen LogP) is 10.9. The Kier molecular flexibility index (Phi) is 18.5. The maximum absolute atomic E-state index is 11.6. The van der Waals surface area contributed by atoms with Gasteiger partial charge >= 0.3 is 123 Å². The molecule has 6 heterocycles. The number of hydrogen-bond acceptors (Lipinski definition) is 10. The van der Waals surface area contributed by atoms with Gasteiger partial charge in [0.25, 0.3) is 0 Å². The summed E-state index contributed by atoms with van der Waals surface area (Å²) >= 11 is 1.26. The quantitative estimate of drug-likeness (QED) is 0.0746. The summed E-state index contributed by atoms with van der Waals surface area (Å²) < 4.78 is 23.9. The van der Waals surface area contributed by atoms with E-state index >= 15 is 0 Å². The van der Waals surface area contributed by atoms with Crippen LogP contribution in [0.1, 0.15) is 131 Å². The second-order valence-electron chi connectivity index (χ2n) is 19.3. The van der Waals surface area contributed by atoms with Crippen molar-refractivity contribution in [2.75, 3.05) is 13.1 Å². The first kappa shape index (κ1) is 52.2. The maximum atomic E-state index is 11.6. The van der Waals surface area contributed by atoms with E-state index in [9.17, 15) is 9.59 Å². The van der Waals surface area contributed by atoms with E-state index in [1.807, 2.05) is 63.2 Å². The number of fused-ring (bicyclic) bond motifs is 2. The summed E-state index contributed by atoms with van der Waals surface area (Å²) in [6, 6.07) is 9.14. The molecule has 4 aromatic heterocycles. The zero-order valence-electron chi connectivity index (χ0n) is 40.5. The molecule has 4 aliphatic rings. The zero-order valence-corrected chi connectivity index (χ0v) is 44.9. The number of amides is 2. The van der Waals surface area contributed by atoms with E-state index in [4.69, 9.17) is 14.5 Å². The molecule has 370 valence electrons. The number of hydrogen-bond donors (Lipinski definition) is 2. The number of imidazole rings is 2. The summed E-state index contributed by atoms with van der Waals surface area (Å²) in [5.74, 6) is 2.24. The van der Waals surface area contributed by atoms with E-state index in [-0.39, 0.29) is 43.3 Å². The van der Waals surface area contributed by atoms with Crippen LogP contribution in [0, 0.1) is 11.8 Å². The molecule has 2 aromatic carbocycles. The molecule has 2 saturated carbocycles. The maximum Gasteiger partial charge on any atom is 0.220 e. The second-order valence-corrected chi connectivity index (χ2v) is 33.3. The van der Waals surface area contributed by atoms with E-state index in [1.165, 1.54) is 81.2 Å². The summed E-state index contributed by atoms with van der Waals surface area (Å²) in [6.07, 6.45) is 28.6. The fraction of sp³-hybridized carbons (Fsp3) is 0.547. The number of carbonyl (C=O) groups is 2. The van der Waals surface area contributed by atoms with Crippen molar-refractivity contribution in [3.63, 3.8) is 0 Å². The van der Waals surface area contributed by atoms with Crippen LogP contribution in [0.2, 0.25) is 13.3 Å². The number of benzene rings is 2. The molecule has 14 nitrogen and oxygen atoms in total. The minimum Gasteiger partial charge on any atom is -0.488 e. The van der Waals surface area contributed by atoms with E-state index in [0.29, 0.717) is 38.0 Å². The summed E-state index contributed by atoms with van der Waals surface area (Å²) in [4.78, 5) is 49.8. The molecule has 4 fully saturated rings. The number of aromatic nitrogens is 8.